The fraction of sp³-hybridized carbons (Fsp3) is 0.593. The first-order valence-electron chi connectivity index (χ1n) is 26.4. The first-order valence-corrected chi connectivity index (χ1v) is 29.4. The van der Waals surface area contributed by atoms with E-state index in [-0.39, 0.29) is 24.8 Å². The maximum Gasteiger partial charge on any atom is 0.481 e. The summed E-state index contributed by atoms with van der Waals surface area (Å²) in [5.41, 5.74) is 4.58. The molecule has 75 heavy (non-hydrogen) atoms. The van der Waals surface area contributed by atoms with Crippen LogP contribution in [0.5, 0.6) is 0 Å². The van der Waals surface area contributed by atoms with E-state index < -0.39 is 83.7 Å². The number of nitrogens with two attached hydrogens (primary N) is 1. The average molecular weight is 1090 g/mol. The Morgan fingerprint density at radius 1 is 0.653 bits per heavy atom. The van der Waals surface area contributed by atoms with E-state index in [2.05, 4.69) is 83.9 Å². The van der Waals surface area contributed by atoms with Crippen LogP contribution >= 0.6 is 15.6 Å². The fourth-order valence-corrected chi connectivity index (χ4v) is 9.44. The monoisotopic (exact) mass is 1090 g/mol. The number of nitrogen functional groups attached to an aromatic ring is 1. The molecule has 1 aromatic heterocycles. The van der Waals surface area contributed by atoms with Crippen LogP contribution in [0, 0.1) is 0 Å². The number of anilines is 1. The van der Waals surface area contributed by atoms with Gasteiger partial charge in [0.05, 0.1) is 25.4 Å². The molecule has 3 rings (SSSR count). The zero-order valence-electron chi connectivity index (χ0n) is 43.8. The number of aliphatic hydroxyl groups is 2. The quantitative estimate of drug-likeness (QED) is 0.0134. The van der Waals surface area contributed by atoms with E-state index in [0.717, 1.165) is 62.1 Å². The van der Waals surface area contributed by atoms with E-state index in [1.165, 1.54) is 44.6 Å². The summed E-state index contributed by atoms with van der Waals surface area (Å²) in [5, 5.41) is 20.9. The van der Waals surface area contributed by atoms with Crippen LogP contribution in [0.25, 0.3) is 0 Å². The standard InChI is InChI=1S/C54H83N3O16P2/c1-3-5-7-9-11-12-13-14-15-16-17-18-19-20-21-22-25-30-34-38-50(59)70-44(41-67-49(58)37-33-29-26-23-24-28-32-36-46-45(71-46)35-31-27-10-8-6-4-2)42-68-74(63,64)73-75(65,66)69-43-47-51(60)52(61)53(72-47)57-40-39-48(55)56-54(57)62/h11-12,14-15,17-18,20-21,23,25-28,30-32,39-40,44-47,51-53,60-61H,3-10,13,16,19,22,24,29,33-38,41-43H2,1-2H3,(H,63,64)(H,65,66)(H2,55,56,62)/b12-11-,15-14-,18-17-,21-20-,26-23-,30-25-,31-27-,32-28-/t44-,45?,46?,47-,51-,52-,53-/m1/s1. The Balaban J connectivity index is 1.43. The SMILES string of the molecule is CCCCC/C=C\C/C=C\C/C=C\C/C=C\C/C=C\CCC(=O)O[C@H](COC(=O)CCC/C=C\C/C=C\CC1OC1C/C=C\CCCCC)COP(=O)(O)OP(=O)(O)OC[C@H]1O[C@@H](n2ccc(N)nc2=O)[C@H](O)[C@@H]1O. The summed E-state index contributed by atoms with van der Waals surface area (Å²) in [4.78, 5) is 62.0. The Hall–Kier alpha value is -4.36. The van der Waals surface area contributed by atoms with Crippen LogP contribution in [0.2, 0.25) is 0 Å². The maximum atomic E-state index is 12.9. The molecule has 9 atom stereocenters. The number of allylic oxidation sites excluding steroid dienone is 14. The molecule has 1 aromatic rings. The zero-order valence-corrected chi connectivity index (χ0v) is 45.5. The Morgan fingerprint density at radius 3 is 1.73 bits per heavy atom. The molecule has 6 N–H and O–H groups in total. The summed E-state index contributed by atoms with van der Waals surface area (Å²) in [6.45, 7) is 1.96. The number of hydrogen-bond acceptors (Lipinski definition) is 16. The molecule has 0 amide bonds. The molecular formula is C54H83N3O16P2. The van der Waals surface area contributed by atoms with Crippen molar-refractivity contribution in [3.63, 3.8) is 0 Å². The van der Waals surface area contributed by atoms with E-state index in [4.69, 9.17) is 33.7 Å². The van der Waals surface area contributed by atoms with E-state index >= 15 is 0 Å². The predicted octanol–water partition coefficient (Wildman–Crippen LogP) is 10.2. The number of hydrogen-bond donors (Lipinski definition) is 5. The molecule has 19 nitrogen and oxygen atoms in total. The summed E-state index contributed by atoms with van der Waals surface area (Å²) in [5.74, 6) is -1.48. The van der Waals surface area contributed by atoms with Crippen LogP contribution in [0.3, 0.4) is 0 Å². The highest BCUT2D eigenvalue weighted by Gasteiger charge is 2.46. The molecule has 21 heteroatoms. The van der Waals surface area contributed by atoms with Crippen molar-refractivity contribution >= 4 is 33.4 Å². The second-order valence-electron chi connectivity index (χ2n) is 18.1. The highest BCUT2D eigenvalue weighted by Crippen LogP contribution is 2.60. The van der Waals surface area contributed by atoms with Crippen LogP contribution in [0.15, 0.2) is 114 Å². The minimum Gasteiger partial charge on any atom is -0.462 e. The van der Waals surface area contributed by atoms with Gasteiger partial charge >= 0.3 is 33.3 Å². The highest BCUT2D eigenvalue weighted by molar-refractivity contribution is 7.61. The number of esters is 2. The summed E-state index contributed by atoms with van der Waals surface area (Å²) < 4.78 is 62.4. The lowest BCUT2D eigenvalue weighted by Gasteiger charge is -2.21. The Kier molecular flexibility index (Phi) is 33.1. The lowest BCUT2D eigenvalue weighted by molar-refractivity contribution is -0.161. The number of phosphoric acid groups is 2. The zero-order chi connectivity index (χ0) is 54.6. The number of aliphatic hydroxyl groups excluding tert-OH is 2. The summed E-state index contributed by atoms with van der Waals surface area (Å²) in [6.07, 6.45) is 43.9. The van der Waals surface area contributed by atoms with Crippen molar-refractivity contribution < 1.29 is 71.0 Å². The third-order valence-electron chi connectivity index (χ3n) is 11.6. The van der Waals surface area contributed by atoms with Crippen molar-refractivity contribution in [1.82, 2.24) is 9.55 Å². The van der Waals surface area contributed by atoms with Gasteiger partial charge in [-0.25, -0.2) is 13.9 Å². The molecule has 0 radical (unpaired) electrons. The first kappa shape index (κ1) is 64.9. The number of carbonyl (C=O) groups excluding carboxylic acids is 2. The van der Waals surface area contributed by atoms with Gasteiger partial charge in [-0.05, 0) is 96.0 Å². The number of phosphoric ester groups is 2. The van der Waals surface area contributed by atoms with Crippen molar-refractivity contribution in [2.24, 2.45) is 0 Å². The minimum atomic E-state index is -5.46. The average Bonchev–Trinajstić information content (AvgIpc) is 4.06. The molecule has 2 aliphatic heterocycles. The van der Waals surface area contributed by atoms with E-state index in [0.29, 0.717) is 31.8 Å². The van der Waals surface area contributed by atoms with Crippen molar-refractivity contribution in [2.75, 3.05) is 25.6 Å². The number of carbonyl (C=O) groups is 2. The summed E-state index contributed by atoms with van der Waals surface area (Å²) in [7, 11) is -10.9. The topological polar surface area (TPSA) is 278 Å². The van der Waals surface area contributed by atoms with Gasteiger partial charge in [-0.15, -0.1) is 0 Å². The molecule has 0 aromatic carbocycles. The molecule has 2 fully saturated rings. The molecule has 4 unspecified atom stereocenters. The third kappa shape index (κ3) is 30.2. The van der Waals surface area contributed by atoms with E-state index in [9.17, 15) is 43.5 Å². The molecule has 3 heterocycles. The molecule has 0 spiro atoms. The van der Waals surface area contributed by atoms with Gasteiger partial charge in [0.25, 0.3) is 0 Å². The normalized spacial score (nSPS) is 22.3. The number of ether oxygens (including phenoxy) is 4. The van der Waals surface area contributed by atoms with Crippen LogP contribution in [-0.4, -0.2) is 97.9 Å². The van der Waals surface area contributed by atoms with Crippen LogP contribution < -0.4 is 11.4 Å². The van der Waals surface area contributed by atoms with E-state index in [1.54, 1.807) is 6.08 Å². The number of nitrogens with zero attached hydrogens (tertiary/aromatic N) is 2. The molecule has 0 aliphatic carbocycles. The van der Waals surface area contributed by atoms with Gasteiger partial charge in [0.15, 0.2) is 12.3 Å². The number of rotatable bonds is 41. The third-order valence-corrected chi connectivity index (χ3v) is 14.2. The number of unbranched alkanes of at least 4 members (excludes halogenated alkanes) is 7. The van der Waals surface area contributed by atoms with Crippen molar-refractivity contribution in [1.29, 1.82) is 0 Å². The molecule has 0 saturated carbocycles. The van der Waals surface area contributed by atoms with E-state index in [1.807, 2.05) is 30.4 Å². The van der Waals surface area contributed by atoms with Gasteiger partial charge in [-0.2, -0.15) is 9.29 Å². The highest BCUT2D eigenvalue weighted by atomic mass is 31.3. The largest absolute Gasteiger partial charge is 0.481 e. The van der Waals surface area contributed by atoms with Gasteiger partial charge in [0.2, 0.25) is 0 Å². The summed E-state index contributed by atoms with van der Waals surface area (Å²) in [6, 6.07) is 1.24. The Labute approximate surface area is 443 Å². The Morgan fingerprint density at radius 2 is 1.16 bits per heavy atom. The predicted molar refractivity (Wildman–Crippen MR) is 288 cm³/mol. The van der Waals surface area contributed by atoms with Gasteiger partial charge < -0.3 is 44.7 Å². The van der Waals surface area contributed by atoms with Crippen LogP contribution in [-0.2, 0) is 51.0 Å². The fourth-order valence-electron chi connectivity index (χ4n) is 7.33. The van der Waals surface area contributed by atoms with Gasteiger partial charge in [0.1, 0.15) is 30.7 Å². The van der Waals surface area contributed by atoms with Gasteiger partial charge in [-0.1, -0.05) is 137 Å². The molecule has 2 aliphatic rings. The van der Waals surface area contributed by atoms with Crippen molar-refractivity contribution in [3.8, 4) is 0 Å². The lowest BCUT2D eigenvalue weighted by Crippen LogP contribution is -2.36. The Bertz CT molecular complexity index is 2210. The molecule has 420 valence electrons. The van der Waals surface area contributed by atoms with Crippen LogP contribution in [0.1, 0.15) is 148 Å². The lowest BCUT2D eigenvalue weighted by atomic mass is 10.1. The van der Waals surface area contributed by atoms with Gasteiger partial charge in [-0.3, -0.25) is 23.2 Å². The molecule has 2 saturated heterocycles. The molecular weight excluding hydrogens is 1010 g/mol. The minimum absolute atomic E-state index is 0.0246. The maximum absolute atomic E-state index is 12.9. The number of epoxide rings is 1. The van der Waals surface area contributed by atoms with Gasteiger partial charge in [0, 0.05) is 19.0 Å². The second-order valence-corrected chi connectivity index (χ2v) is 21.1. The summed E-state index contributed by atoms with van der Waals surface area (Å²) >= 11 is 0. The van der Waals surface area contributed by atoms with Crippen molar-refractivity contribution in [3.05, 3.63) is 120 Å². The first-order chi connectivity index (χ1) is 36.1. The van der Waals surface area contributed by atoms with Crippen molar-refractivity contribution in [2.45, 2.75) is 185 Å². The number of aromatic nitrogens is 2. The molecule has 0 bridgehead atoms. The van der Waals surface area contributed by atoms with Crippen LogP contribution in [0.4, 0.5) is 5.82 Å². The smallest absolute Gasteiger partial charge is 0.462 e. The second kappa shape index (κ2) is 38.2.